The molecule has 0 amide bonds. The van der Waals surface area contributed by atoms with Crippen molar-refractivity contribution in [3.8, 4) is 23.5 Å². The molecule has 10 heteroatoms. The second-order valence-corrected chi connectivity index (χ2v) is 6.97. The Kier molecular flexibility index (Phi) is 4.44. The standard InChI is InChI=1S/C17H6BrCl2N5O2/c18-13-6-12(25(24-13)15-10(19)2-1-3-22-15)16-23-14-9(17(26)27-16)4-8(7-21)5-11(14)20/h1-6H. The lowest BCUT2D eigenvalue weighted by Gasteiger charge is -2.07. The first-order valence-electron chi connectivity index (χ1n) is 7.39. The van der Waals surface area contributed by atoms with Crippen molar-refractivity contribution in [1.82, 2.24) is 19.7 Å². The SMILES string of the molecule is N#Cc1cc(Cl)c2nc(-c3cc(Br)nn3-c3ncccc3Cl)oc(=O)c2c1. The van der Waals surface area contributed by atoms with Crippen LogP contribution in [0.3, 0.4) is 0 Å². The monoisotopic (exact) mass is 461 g/mol. The van der Waals surface area contributed by atoms with Gasteiger partial charge in [-0.2, -0.15) is 10.4 Å². The molecule has 7 nitrogen and oxygen atoms in total. The molecular formula is C17H6BrCl2N5O2. The van der Waals surface area contributed by atoms with Crippen LogP contribution in [0.2, 0.25) is 10.0 Å². The molecule has 0 atom stereocenters. The molecule has 0 saturated carbocycles. The fourth-order valence-electron chi connectivity index (χ4n) is 2.51. The van der Waals surface area contributed by atoms with Crippen LogP contribution in [0.4, 0.5) is 0 Å². The van der Waals surface area contributed by atoms with Crippen LogP contribution in [0.5, 0.6) is 0 Å². The van der Waals surface area contributed by atoms with Crippen LogP contribution in [0, 0.1) is 11.3 Å². The lowest BCUT2D eigenvalue weighted by atomic mass is 10.1. The molecule has 3 aromatic heterocycles. The third-order valence-electron chi connectivity index (χ3n) is 3.65. The van der Waals surface area contributed by atoms with Crippen LogP contribution in [-0.2, 0) is 0 Å². The molecule has 4 aromatic rings. The Morgan fingerprint density at radius 2 is 2.04 bits per heavy atom. The van der Waals surface area contributed by atoms with E-state index in [1.54, 1.807) is 24.4 Å². The van der Waals surface area contributed by atoms with Crippen molar-refractivity contribution in [2.24, 2.45) is 0 Å². The first kappa shape index (κ1) is 17.7. The van der Waals surface area contributed by atoms with Crippen LogP contribution < -0.4 is 5.63 Å². The van der Waals surface area contributed by atoms with E-state index >= 15 is 0 Å². The highest BCUT2D eigenvalue weighted by atomic mass is 79.9. The minimum atomic E-state index is -0.676. The molecule has 0 N–H and O–H groups in total. The van der Waals surface area contributed by atoms with E-state index in [1.165, 1.54) is 16.8 Å². The molecule has 27 heavy (non-hydrogen) atoms. The Balaban J connectivity index is 2.00. The van der Waals surface area contributed by atoms with Gasteiger partial charge in [-0.25, -0.2) is 19.4 Å². The predicted octanol–water partition coefficient (Wildman–Crippen LogP) is 4.38. The van der Waals surface area contributed by atoms with E-state index in [1.807, 2.05) is 6.07 Å². The molecule has 0 fully saturated rings. The molecule has 132 valence electrons. The van der Waals surface area contributed by atoms with E-state index in [2.05, 4.69) is 31.0 Å². The Hall–Kier alpha value is -2.73. The molecule has 4 rings (SSSR count). The van der Waals surface area contributed by atoms with Crippen molar-refractivity contribution in [2.45, 2.75) is 0 Å². The summed E-state index contributed by atoms with van der Waals surface area (Å²) in [5.41, 5.74) is 0.132. The summed E-state index contributed by atoms with van der Waals surface area (Å²) in [6.07, 6.45) is 1.56. The fourth-order valence-corrected chi connectivity index (χ4v) is 3.35. The highest BCUT2D eigenvalue weighted by molar-refractivity contribution is 9.10. The lowest BCUT2D eigenvalue weighted by molar-refractivity contribution is 0.513. The van der Waals surface area contributed by atoms with Crippen LogP contribution >= 0.6 is 39.1 Å². The quantitative estimate of drug-likeness (QED) is 0.438. The van der Waals surface area contributed by atoms with Gasteiger partial charge in [0, 0.05) is 12.3 Å². The van der Waals surface area contributed by atoms with Crippen LogP contribution in [0.15, 0.2) is 50.3 Å². The van der Waals surface area contributed by atoms with Crippen molar-refractivity contribution >= 4 is 50.0 Å². The molecule has 3 heterocycles. The van der Waals surface area contributed by atoms with Gasteiger partial charge < -0.3 is 4.42 Å². The summed E-state index contributed by atoms with van der Waals surface area (Å²) in [5, 5.41) is 14.0. The number of aromatic nitrogens is 4. The summed E-state index contributed by atoms with van der Waals surface area (Å²) < 4.78 is 7.23. The van der Waals surface area contributed by atoms with Crippen LogP contribution in [0.25, 0.3) is 28.3 Å². The summed E-state index contributed by atoms with van der Waals surface area (Å²) in [6, 6.07) is 9.71. The van der Waals surface area contributed by atoms with E-state index in [-0.39, 0.29) is 27.4 Å². The molecule has 0 aliphatic carbocycles. The Labute approximate surface area is 169 Å². The van der Waals surface area contributed by atoms with Gasteiger partial charge in [-0.15, -0.1) is 0 Å². The number of hydrogen-bond acceptors (Lipinski definition) is 6. The van der Waals surface area contributed by atoms with Crippen molar-refractivity contribution in [2.75, 3.05) is 0 Å². The summed E-state index contributed by atoms with van der Waals surface area (Å²) in [6.45, 7) is 0. The first-order valence-corrected chi connectivity index (χ1v) is 8.94. The van der Waals surface area contributed by atoms with Crippen molar-refractivity contribution in [3.63, 3.8) is 0 Å². The summed E-state index contributed by atoms with van der Waals surface area (Å²) >= 11 is 15.7. The van der Waals surface area contributed by atoms with Gasteiger partial charge in [0.25, 0.3) is 0 Å². The van der Waals surface area contributed by atoms with Gasteiger partial charge in [-0.3, -0.25) is 0 Å². The van der Waals surface area contributed by atoms with E-state index in [9.17, 15) is 4.79 Å². The van der Waals surface area contributed by atoms with Gasteiger partial charge in [0.2, 0.25) is 5.89 Å². The molecule has 0 unspecified atom stereocenters. The van der Waals surface area contributed by atoms with E-state index in [0.717, 1.165) is 0 Å². The smallest absolute Gasteiger partial charge is 0.347 e. The molecule has 0 saturated heterocycles. The third-order valence-corrected chi connectivity index (χ3v) is 4.62. The van der Waals surface area contributed by atoms with Gasteiger partial charge in [0.1, 0.15) is 15.8 Å². The maximum atomic E-state index is 12.5. The van der Waals surface area contributed by atoms with Crippen molar-refractivity contribution in [3.05, 3.63) is 67.2 Å². The topological polar surface area (TPSA) is 97.6 Å². The van der Waals surface area contributed by atoms with Crippen molar-refractivity contribution in [1.29, 1.82) is 5.26 Å². The molecular weight excluding hydrogens is 457 g/mol. The number of benzene rings is 1. The number of hydrogen-bond donors (Lipinski definition) is 0. The second-order valence-electron chi connectivity index (χ2n) is 5.35. The zero-order valence-corrected chi connectivity index (χ0v) is 16.2. The van der Waals surface area contributed by atoms with Crippen LogP contribution in [0.1, 0.15) is 5.56 Å². The molecule has 0 radical (unpaired) electrons. The van der Waals surface area contributed by atoms with Gasteiger partial charge in [0.15, 0.2) is 5.82 Å². The zero-order chi connectivity index (χ0) is 19.1. The second kappa shape index (κ2) is 6.78. The molecule has 0 spiro atoms. The highest BCUT2D eigenvalue weighted by Gasteiger charge is 2.19. The first-order chi connectivity index (χ1) is 13.0. The summed E-state index contributed by atoms with van der Waals surface area (Å²) in [4.78, 5) is 21.0. The Bertz CT molecular complexity index is 1310. The molecule has 1 aromatic carbocycles. The van der Waals surface area contributed by atoms with E-state index in [0.29, 0.717) is 21.1 Å². The lowest BCUT2D eigenvalue weighted by Crippen LogP contribution is -2.07. The number of rotatable bonds is 2. The zero-order valence-electron chi connectivity index (χ0n) is 13.2. The summed E-state index contributed by atoms with van der Waals surface area (Å²) in [5.74, 6) is 0.328. The van der Waals surface area contributed by atoms with Gasteiger partial charge in [0.05, 0.1) is 27.1 Å². The number of fused-ring (bicyclic) bond motifs is 1. The van der Waals surface area contributed by atoms with Gasteiger partial charge in [-0.05, 0) is 40.2 Å². The average molecular weight is 463 g/mol. The number of halogens is 3. The van der Waals surface area contributed by atoms with Crippen LogP contribution in [-0.4, -0.2) is 19.7 Å². The number of nitrogens with zero attached hydrogens (tertiary/aromatic N) is 5. The van der Waals surface area contributed by atoms with Gasteiger partial charge >= 0.3 is 5.63 Å². The third kappa shape index (κ3) is 3.10. The van der Waals surface area contributed by atoms with Gasteiger partial charge in [-0.1, -0.05) is 23.2 Å². The van der Waals surface area contributed by atoms with E-state index < -0.39 is 5.63 Å². The minimum absolute atomic E-state index is 0.0148. The molecule has 0 aliphatic heterocycles. The Morgan fingerprint density at radius 1 is 1.22 bits per heavy atom. The maximum Gasteiger partial charge on any atom is 0.347 e. The maximum absolute atomic E-state index is 12.5. The largest absolute Gasteiger partial charge is 0.401 e. The highest BCUT2D eigenvalue weighted by Crippen LogP contribution is 2.29. The average Bonchev–Trinajstić information content (AvgIpc) is 3.04. The van der Waals surface area contributed by atoms with Crippen molar-refractivity contribution < 1.29 is 4.42 Å². The fraction of sp³-hybridized carbons (Fsp3) is 0. The minimum Gasteiger partial charge on any atom is -0.401 e. The summed E-state index contributed by atoms with van der Waals surface area (Å²) in [7, 11) is 0. The molecule has 0 aliphatic rings. The normalized spacial score (nSPS) is 10.9. The number of nitriles is 1. The van der Waals surface area contributed by atoms with E-state index in [4.69, 9.17) is 32.9 Å². The predicted molar refractivity (Wildman–Crippen MR) is 103 cm³/mol. The number of pyridine rings is 1. The Morgan fingerprint density at radius 3 is 2.78 bits per heavy atom. The molecule has 0 bridgehead atoms.